The maximum absolute atomic E-state index is 12.1. The van der Waals surface area contributed by atoms with E-state index in [1.54, 1.807) is 44.9 Å². The third-order valence-electron chi connectivity index (χ3n) is 7.99. The van der Waals surface area contributed by atoms with Crippen molar-refractivity contribution in [3.8, 4) is 23.0 Å². The van der Waals surface area contributed by atoms with Crippen molar-refractivity contribution < 1.29 is 40.2 Å². The van der Waals surface area contributed by atoms with Crippen molar-refractivity contribution in [2.24, 2.45) is 0 Å². The second-order valence-electron chi connectivity index (χ2n) is 10.6. The molecule has 0 amide bonds. The van der Waals surface area contributed by atoms with Gasteiger partial charge in [-0.05, 0) is 73.3 Å². The molecule has 1 fully saturated rings. The zero-order valence-electron chi connectivity index (χ0n) is 24.5. The van der Waals surface area contributed by atoms with Gasteiger partial charge in [0.05, 0.1) is 33.8 Å². The fourth-order valence-corrected chi connectivity index (χ4v) is 6.76. The molecule has 2 aromatic heterocycles. The third kappa shape index (κ3) is 5.89. The van der Waals surface area contributed by atoms with E-state index in [0.29, 0.717) is 51.2 Å². The van der Waals surface area contributed by atoms with E-state index in [-0.39, 0.29) is 44.8 Å². The molecule has 1 aliphatic carbocycles. The molecule has 3 aromatic rings. The largest absolute Gasteiger partial charge is 0.504 e. The number of benzene rings is 1. The van der Waals surface area contributed by atoms with Crippen LogP contribution in [-0.2, 0) is 9.53 Å². The predicted molar refractivity (Wildman–Crippen MR) is 173 cm³/mol. The van der Waals surface area contributed by atoms with Crippen molar-refractivity contribution in [1.82, 2.24) is 14.6 Å². The quantitative estimate of drug-likeness (QED) is 0.0565. The van der Waals surface area contributed by atoms with Crippen molar-refractivity contribution >= 4 is 58.4 Å². The van der Waals surface area contributed by atoms with Crippen molar-refractivity contribution in [1.29, 1.82) is 0 Å². The molecule has 0 spiro atoms. The average molecular weight is 692 g/mol. The summed E-state index contributed by atoms with van der Waals surface area (Å²) in [6.07, 6.45) is 5.90. The number of esters is 1. The number of nitrogens with zero attached hydrogens (tertiary/aromatic N) is 3. The molecule has 1 aliphatic rings. The summed E-state index contributed by atoms with van der Waals surface area (Å²) in [4.78, 5) is 17.0. The van der Waals surface area contributed by atoms with Crippen molar-refractivity contribution in [3.63, 3.8) is 0 Å². The Morgan fingerprint density at radius 3 is 2.39 bits per heavy atom. The molecule has 4 rings (SSSR count). The summed E-state index contributed by atoms with van der Waals surface area (Å²) in [7, 11) is -0.0616. The highest BCUT2D eigenvalue weighted by molar-refractivity contribution is 9.10. The first-order chi connectivity index (χ1) is 20.8. The normalized spacial score (nSPS) is 20.4. The lowest BCUT2D eigenvalue weighted by Gasteiger charge is -2.38. The Kier molecular flexibility index (Phi) is 9.94. The Hall–Kier alpha value is -3.64. The number of fused-ring (bicyclic) bond motifs is 1. The number of hydrogen-bond acceptors (Lipinski definition) is 11. The van der Waals surface area contributed by atoms with Crippen molar-refractivity contribution in [3.05, 3.63) is 52.3 Å². The summed E-state index contributed by atoms with van der Waals surface area (Å²) in [6.45, 7) is 8.92. The lowest BCUT2D eigenvalue weighted by Crippen LogP contribution is -2.49. The van der Waals surface area contributed by atoms with E-state index < -0.39 is 40.7 Å². The fraction of sp³-hybridized carbons (Fsp3) is 0.367. The molecule has 236 valence electrons. The maximum atomic E-state index is 12.1. The van der Waals surface area contributed by atoms with E-state index in [1.807, 2.05) is 0 Å². The van der Waals surface area contributed by atoms with Crippen LogP contribution in [-0.4, -0.2) is 76.2 Å². The molecule has 2 heterocycles. The molecule has 12 nitrogen and oxygen atoms in total. The zero-order chi connectivity index (χ0) is 32.5. The van der Waals surface area contributed by atoms with E-state index in [4.69, 9.17) is 15.5 Å². The summed E-state index contributed by atoms with van der Waals surface area (Å²) < 4.78 is 6.90. The summed E-state index contributed by atoms with van der Waals surface area (Å²) in [5.74, 6) is -2.76. The molecular formula is C30H36BrN4O8P. The summed E-state index contributed by atoms with van der Waals surface area (Å²) in [5.41, 5.74) is 7.30. The first-order valence-electron chi connectivity index (χ1n) is 13.9. The van der Waals surface area contributed by atoms with Gasteiger partial charge in [-0.25, -0.2) is 9.78 Å². The SMILES string of the molecule is C=C/C(=C\C=C(/C)c1c(O)c(O)c(PC)c(O)c1O)c1cnn2c(N)c(Br)c(C3CCC(O)(C(O)C(=O)OCC)CC3)nc12. The van der Waals surface area contributed by atoms with Gasteiger partial charge >= 0.3 is 5.97 Å². The summed E-state index contributed by atoms with van der Waals surface area (Å²) >= 11 is 3.55. The van der Waals surface area contributed by atoms with E-state index in [0.717, 1.165) is 0 Å². The van der Waals surface area contributed by atoms with Gasteiger partial charge < -0.3 is 41.1 Å². The number of rotatable bonds is 9. The van der Waals surface area contributed by atoms with Gasteiger partial charge in [-0.2, -0.15) is 9.61 Å². The minimum Gasteiger partial charge on any atom is -0.504 e. The molecule has 0 aliphatic heterocycles. The number of nitrogens with two attached hydrogens (primary N) is 1. The number of phenolic OH excluding ortho intramolecular Hbond substituents is 4. The molecule has 0 saturated heterocycles. The predicted octanol–water partition coefficient (Wildman–Crippen LogP) is 3.82. The fourth-order valence-electron chi connectivity index (χ4n) is 5.47. The molecule has 0 bridgehead atoms. The van der Waals surface area contributed by atoms with Gasteiger partial charge in [0.25, 0.3) is 0 Å². The van der Waals surface area contributed by atoms with Crippen LogP contribution in [0.1, 0.15) is 62.3 Å². The van der Waals surface area contributed by atoms with E-state index in [9.17, 15) is 35.4 Å². The second kappa shape index (κ2) is 13.2. The number of carbonyl (C=O) groups excluding carboxylic acids is 1. The van der Waals surface area contributed by atoms with Crippen molar-refractivity contribution in [2.45, 2.75) is 57.2 Å². The molecule has 1 aromatic carbocycles. The van der Waals surface area contributed by atoms with Gasteiger partial charge in [0.1, 0.15) is 11.4 Å². The molecule has 0 radical (unpaired) electrons. The number of aromatic nitrogens is 3. The Bertz CT molecular complexity index is 1650. The van der Waals surface area contributed by atoms with Crippen LogP contribution in [0.5, 0.6) is 23.0 Å². The number of hydrogen-bond donors (Lipinski definition) is 7. The van der Waals surface area contributed by atoms with Crippen LogP contribution in [0.3, 0.4) is 0 Å². The summed E-state index contributed by atoms with van der Waals surface area (Å²) in [6, 6.07) is 0. The number of aliphatic hydroxyl groups excluding tert-OH is 1. The first kappa shape index (κ1) is 33.3. The highest BCUT2D eigenvalue weighted by Crippen LogP contribution is 2.47. The van der Waals surface area contributed by atoms with Crippen LogP contribution in [0.4, 0.5) is 5.82 Å². The van der Waals surface area contributed by atoms with Gasteiger partial charge in [-0.15, -0.1) is 0 Å². The number of aliphatic hydroxyl groups is 2. The number of carbonyl (C=O) groups is 1. The lowest BCUT2D eigenvalue weighted by atomic mass is 9.74. The molecule has 1 saturated carbocycles. The Morgan fingerprint density at radius 1 is 1.23 bits per heavy atom. The van der Waals surface area contributed by atoms with Gasteiger partial charge in [0, 0.05) is 11.5 Å². The van der Waals surface area contributed by atoms with E-state index in [2.05, 4.69) is 27.6 Å². The second-order valence-corrected chi connectivity index (χ2v) is 12.4. The van der Waals surface area contributed by atoms with Crippen LogP contribution in [0, 0.1) is 0 Å². The highest BCUT2D eigenvalue weighted by Gasteiger charge is 2.44. The van der Waals surface area contributed by atoms with Crippen LogP contribution >= 0.6 is 24.5 Å². The Labute approximate surface area is 264 Å². The minimum absolute atomic E-state index is 0.0616. The molecular weight excluding hydrogens is 655 g/mol. The van der Waals surface area contributed by atoms with E-state index >= 15 is 0 Å². The van der Waals surface area contributed by atoms with Gasteiger partial charge in [-0.3, -0.25) is 0 Å². The summed E-state index contributed by atoms with van der Waals surface area (Å²) in [5, 5.41) is 67.7. The smallest absolute Gasteiger partial charge is 0.337 e. The van der Waals surface area contributed by atoms with Crippen LogP contribution in [0.15, 0.2) is 35.5 Å². The number of allylic oxidation sites excluding steroid dienone is 5. The topological polar surface area (TPSA) is 204 Å². The standard InChI is InChI=1S/C30H36BrN4O8P/c1-5-15(8-7-14(3)18-21(36)23(38)25(44-4)24(39)22(18)37)17-13-33-35-27(32)19(31)20(34-28(17)35)16-9-11-30(42,12-10-16)26(40)29(41)43-6-2/h5,7-8,13,16,26,36-40,42,44H,1,6,9-12,32H2,2-4H3/b14-7+,15-8+. The molecule has 2 unspecified atom stereocenters. The maximum Gasteiger partial charge on any atom is 0.337 e. The molecule has 8 N–H and O–H groups in total. The van der Waals surface area contributed by atoms with E-state index in [1.165, 1.54) is 4.52 Å². The Balaban J connectivity index is 1.70. The number of aromatic hydroxyl groups is 4. The Morgan fingerprint density at radius 2 is 1.84 bits per heavy atom. The van der Waals surface area contributed by atoms with Gasteiger partial charge in [0.2, 0.25) is 0 Å². The molecule has 14 heteroatoms. The minimum atomic E-state index is -1.65. The molecule has 2 atom stereocenters. The lowest BCUT2D eigenvalue weighted by molar-refractivity contribution is -0.173. The zero-order valence-corrected chi connectivity index (χ0v) is 27.1. The third-order valence-corrected chi connectivity index (χ3v) is 9.78. The van der Waals surface area contributed by atoms with Crippen molar-refractivity contribution in [2.75, 3.05) is 19.0 Å². The number of anilines is 1. The number of nitrogen functional groups attached to an aromatic ring is 1. The van der Waals surface area contributed by atoms with Crippen LogP contribution in [0.2, 0.25) is 0 Å². The number of ether oxygens (including phenoxy) is 1. The number of phenols is 4. The van der Waals surface area contributed by atoms with Crippen LogP contribution < -0.4 is 11.0 Å². The average Bonchev–Trinajstić information content (AvgIpc) is 3.43. The highest BCUT2D eigenvalue weighted by atomic mass is 79.9. The van der Waals surface area contributed by atoms with Gasteiger partial charge in [0.15, 0.2) is 34.7 Å². The monoisotopic (exact) mass is 690 g/mol. The van der Waals surface area contributed by atoms with Crippen LogP contribution in [0.25, 0.3) is 16.8 Å². The molecule has 44 heavy (non-hydrogen) atoms. The first-order valence-corrected chi connectivity index (χ1v) is 16.2. The number of halogens is 1. The van der Waals surface area contributed by atoms with Gasteiger partial charge in [-0.1, -0.05) is 33.4 Å².